The molecular formula is C18H22. The predicted octanol–water partition coefficient (Wildman–Crippen LogP) is 4.99. The second-order valence-electron chi connectivity index (χ2n) is 4.93. The molecule has 0 saturated heterocycles. The lowest BCUT2D eigenvalue weighted by atomic mass is 9.91. The van der Waals surface area contributed by atoms with Gasteiger partial charge in [0.1, 0.15) is 0 Å². The number of hydrogen-bond donors (Lipinski definition) is 0. The zero-order valence-electron chi connectivity index (χ0n) is 11.3. The average Bonchev–Trinajstić information content (AvgIpc) is 2.43. The van der Waals surface area contributed by atoms with E-state index in [0.29, 0.717) is 0 Å². The van der Waals surface area contributed by atoms with Crippen LogP contribution in [0.25, 0.3) is 5.57 Å². The van der Waals surface area contributed by atoms with Crippen molar-refractivity contribution in [3.05, 3.63) is 41.5 Å². The molecule has 0 atom stereocenters. The third-order valence-electron chi connectivity index (χ3n) is 3.45. The Labute approximate surface area is 111 Å². The van der Waals surface area contributed by atoms with Gasteiger partial charge in [-0.1, -0.05) is 68.4 Å². The van der Waals surface area contributed by atoms with Crippen LogP contribution in [0.2, 0.25) is 0 Å². The first-order chi connectivity index (χ1) is 8.92. The van der Waals surface area contributed by atoms with Gasteiger partial charge in [-0.15, -0.1) is 0 Å². The number of aryl methyl sites for hydroxylation is 1. The maximum Gasteiger partial charge on any atom is 0.0280 e. The van der Waals surface area contributed by atoms with Gasteiger partial charge >= 0.3 is 0 Å². The van der Waals surface area contributed by atoms with Crippen molar-refractivity contribution >= 4 is 5.57 Å². The van der Waals surface area contributed by atoms with Crippen LogP contribution in [0.15, 0.2) is 30.3 Å². The largest absolute Gasteiger partial charge is 0.0979 e. The van der Waals surface area contributed by atoms with Crippen molar-refractivity contribution in [1.29, 1.82) is 0 Å². The highest BCUT2D eigenvalue weighted by Gasteiger charge is 2.09. The standard InChI is InChI=1S/C18H22/c1-2-3-4-5-6-7-11-16-13-10-14-17-12-8-9-15-18(16)17/h8-9,12-13,15H,2-6,10,14H2,1H3. The first-order valence-electron chi connectivity index (χ1n) is 7.19. The van der Waals surface area contributed by atoms with Gasteiger partial charge in [-0.05, 0) is 30.4 Å². The topological polar surface area (TPSA) is 0 Å². The molecule has 1 aliphatic carbocycles. The maximum absolute atomic E-state index is 3.37. The van der Waals surface area contributed by atoms with Crippen molar-refractivity contribution in [3.8, 4) is 11.8 Å². The molecular weight excluding hydrogens is 216 g/mol. The van der Waals surface area contributed by atoms with Crippen LogP contribution in [-0.2, 0) is 6.42 Å². The van der Waals surface area contributed by atoms with E-state index in [1.807, 2.05) is 0 Å². The number of benzene rings is 1. The van der Waals surface area contributed by atoms with E-state index in [1.165, 1.54) is 42.4 Å². The van der Waals surface area contributed by atoms with E-state index in [4.69, 9.17) is 0 Å². The normalized spacial score (nSPS) is 13.3. The fraction of sp³-hybridized carbons (Fsp3) is 0.444. The van der Waals surface area contributed by atoms with Gasteiger partial charge in [0, 0.05) is 12.0 Å². The number of fused-ring (bicyclic) bond motifs is 1. The molecule has 0 radical (unpaired) electrons. The molecule has 0 bridgehead atoms. The zero-order chi connectivity index (χ0) is 12.6. The molecule has 0 N–H and O–H groups in total. The SMILES string of the molecule is CCCCCCC#CC1=CCCc2ccccc21. The van der Waals surface area contributed by atoms with Crippen molar-refractivity contribution in [1.82, 2.24) is 0 Å². The molecule has 0 fully saturated rings. The van der Waals surface area contributed by atoms with E-state index in [9.17, 15) is 0 Å². The number of hydrogen-bond acceptors (Lipinski definition) is 0. The minimum absolute atomic E-state index is 1.04. The van der Waals surface area contributed by atoms with Crippen molar-refractivity contribution in [3.63, 3.8) is 0 Å². The Hall–Kier alpha value is -1.48. The Bertz CT molecular complexity index is 468. The van der Waals surface area contributed by atoms with Crippen LogP contribution in [0, 0.1) is 11.8 Å². The summed E-state index contributed by atoms with van der Waals surface area (Å²) in [6.07, 6.45) is 10.8. The summed E-state index contributed by atoms with van der Waals surface area (Å²) in [6.45, 7) is 2.25. The van der Waals surface area contributed by atoms with E-state index < -0.39 is 0 Å². The number of unbranched alkanes of at least 4 members (excludes halogenated alkanes) is 4. The van der Waals surface area contributed by atoms with Crippen LogP contribution in [0.1, 0.15) is 56.6 Å². The van der Waals surface area contributed by atoms with Crippen molar-refractivity contribution in [2.24, 2.45) is 0 Å². The summed E-state index contributed by atoms with van der Waals surface area (Å²) in [4.78, 5) is 0. The van der Waals surface area contributed by atoms with Crippen LogP contribution < -0.4 is 0 Å². The van der Waals surface area contributed by atoms with Crippen LogP contribution in [0.3, 0.4) is 0 Å². The molecule has 2 rings (SSSR count). The van der Waals surface area contributed by atoms with E-state index in [0.717, 1.165) is 19.3 Å². The molecule has 1 aromatic rings. The summed E-state index contributed by atoms with van der Waals surface area (Å²) in [7, 11) is 0. The number of allylic oxidation sites excluding steroid dienone is 2. The van der Waals surface area contributed by atoms with Gasteiger partial charge in [0.25, 0.3) is 0 Å². The fourth-order valence-electron chi connectivity index (χ4n) is 2.40. The minimum Gasteiger partial charge on any atom is -0.0979 e. The molecule has 0 saturated carbocycles. The fourth-order valence-corrected chi connectivity index (χ4v) is 2.40. The minimum atomic E-state index is 1.04. The Kier molecular flexibility index (Phi) is 5.09. The summed E-state index contributed by atoms with van der Waals surface area (Å²) in [6, 6.07) is 8.66. The molecule has 0 heterocycles. The van der Waals surface area contributed by atoms with E-state index in [2.05, 4.69) is 49.1 Å². The second kappa shape index (κ2) is 7.07. The smallest absolute Gasteiger partial charge is 0.0280 e. The molecule has 1 aromatic carbocycles. The van der Waals surface area contributed by atoms with Crippen LogP contribution in [-0.4, -0.2) is 0 Å². The summed E-state index contributed by atoms with van der Waals surface area (Å²) >= 11 is 0. The molecule has 1 aliphatic rings. The molecule has 0 aliphatic heterocycles. The van der Waals surface area contributed by atoms with Gasteiger partial charge in [-0.3, -0.25) is 0 Å². The quantitative estimate of drug-likeness (QED) is 0.512. The third kappa shape index (κ3) is 3.50. The summed E-state index contributed by atoms with van der Waals surface area (Å²) in [5.41, 5.74) is 4.05. The summed E-state index contributed by atoms with van der Waals surface area (Å²) in [5.74, 6) is 6.70. The van der Waals surface area contributed by atoms with E-state index in [-0.39, 0.29) is 0 Å². The summed E-state index contributed by atoms with van der Waals surface area (Å²) in [5, 5.41) is 0. The highest BCUT2D eigenvalue weighted by atomic mass is 14.1. The van der Waals surface area contributed by atoms with Crippen molar-refractivity contribution in [2.45, 2.75) is 51.9 Å². The highest BCUT2D eigenvalue weighted by Crippen LogP contribution is 2.25. The van der Waals surface area contributed by atoms with Gasteiger partial charge in [0.05, 0.1) is 0 Å². The number of rotatable bonds is 4. The molecule has 0 aromatic heterocycles. The zero-order valence-corrected chi connectivity index (χ0v) is 11.3. The lowest BCUT2D eigenvalue weighted by Crippen LogP contribution is -1.97. The summed E-state index contributed by atoms with van der Waals surface area (Å²) < 4.78 is 0. The second-order valence-corrected chi connectivity index (χ2v) is 4.93. The lowest BCUT2D eigenvalue weighted by Gasteiger charge is -2.13. The van der Waals surface area contributed by atoms with Gasteiger partial charge in [0.15, 0.2) is 0 Å². The monoisotopic (exact) mass is 238 g/mol. The predicted molar refractivity (Wildman–Crippen MR) is 79.3 cm³/mol. The molecule has 0 unspecified atom stereocenters. The van der Waals surface area contributed by atoms with E-state index >= 15 is 0 Å². The van der Waals surface area contributed by atoms with Gasteiger partial charge < -0.3 is 0 Å². The van der Waals surface area contributed by atoms with Gasteiger partial charge in [0.2, 0.25) is 0 Å². The average molecular weight is 238 g/mol. The Balaban J connectivity index is 1.94. The molecule has 18 heavy (non-hydrogen) atoms. The molecule has 0 amide bonds. The van der Waals surface area contributed by atoms with Crippen LogP contribution >= 0.6 is 0 Å². The Morgan fingerprint density at radius 1 is 1.11 bits per heavy atom. The molecule has 94 valence electrons. The molecule has 0 heteroatoms. The third-order valence-corrected chi connectivity index (χ3v) is 3.45. The Morgan fingerprint density at radius 3 is 2.89 bits per heavy atom. The first-order valence-corrected chi connectivity index (χ1v) is 7.19. The highest BCUT2D eigenvalue weighted by molar-refractivity contribution is 5.81. The van der Waals surface area contributed by atoms with E-state index in [1.54, 1.807) is 0 Å². The van der Waals surface area contributed by atoms with Crippen LogP contribution in [0.4, 0.5) is 0 Å². The van der Waals surface area contributed by atoms with Crippen molar-refractivity contribution in [2.75, 3.05) is 0 Å². The van der Waals surface area contributed by atoms with Crippen molar-refractivity contribution < 1.29 is 0 Å². The lowest BCUT2D eigenvalue weighted by molar-refractivity contribution is 0.680. The molecule has 0 nitrogen and oxygen atoms in total. The first kappa shape index (κ1) is 13.0. The van der Waals surface area contributed by atoms with Gasteiger partial charge in [-0.25, -0.2) is 0 Å². The Morgan fingerprint density at radius 2 is 2.00 bits per heavy atom. The maximum atomic E-state index is 3.37. The molecule has 0 spiro atoms. The van der Waals surface area contributed by atoms with Gasteiger partial charge in [-0.2, -0.15) is 0 Å². The van der Waals surface area contributed by atoms with Crippen LogP contribution in [0.5, 0.6) is 0 Å².